The molecule has 1 saturated heterocycles. The first-order valence-electron chi connectivity index (χ1n) is 4.27. The lowest BCUT2D eigenvalue weighted by atomic mass is 10.2. The molecule has 0 aliphatic carbocycles. The monoisotopic (exact) mass is 198 g/mol. The van der Waals surface area contributed by atoms with Crippen molar-refractivity contribution < 1.29 is 9.47 Å². The average molecular weight is 199 g/mol. The maximum atomic E-state index is 5.88. The Morgan fingerprint density at radius 3 is 2.77 bits per heavy atom. The van der Waals surface area contributed by atoms with Crippen LogP contribution in [-0.4, -0.2) is 18.3 Å². The Morgan fingerprint density at radius 2 is 2.15 bits per heavy atom. The Morgan fingerprint density at radius 1 is 1.46 bits per heavy atom. The molecule has 0 amide bonds. The van der Waals surface area contributed by atoms with Crippen LogP contribution in [0.3, 0.4) is 0 Å². The van der Waals surface area contributed by atoms with Crippen molar-refractivity contribution in [3.63, 3.8) is 0 Å². The summed E-state index contributed by atoms with van der Waals surface area (Å²) in [6.07, 6.45) is 0.102. The van der Waals surface area contributed by atoms with Gasteiger partial charge in [-0.25, -0.2) is 0 Å². The maximum absolute atomic E-state index is 5.88. The third-order valence-electron chi connectivity index (χ3n) is 1.90. The number of halogens is 1. The third-order valence-corrected chi connectivity index (χ3v) is 2.31. The van der Waals surface area contributed by atoms with E-state index >= 15 is 0 Å². The van der Waals surface area contributed by atoms with Gasteiger partial charge >= 0.3 is 0 Å². The van der Waals surface area contributed by atoms with Crippen molar-refractivity contribution in [1.29, 1.82) is 0 Å². The molecule has 0 spiro atoms. The summed E-state index contributed by atoms with van der Waals surface area (Å²) in [7, 11) is 0. The Bertz CT molecular complexity index is 259. The number of epoxide rings is 1. The molecule has 1 aliphatic heterocycles. The van der Waals surface area contributed by atoms with Crippen molar-refractivity contribution >= 4 is 11.6 Å². The highest BCUT2D eigenvalue weighted by Crippen LogP contribution is 2.21. The summed E-state index contributed by atoms with van der Waals surface area (Å²) in [5.41, 5.74) is 0.828. The van der Waals surface area contributed by atoms with E-state index in [9.17, 15) is 0 Å². The molecule has 2 rings (SSSR count). The minimum atomic E-state index is -0.305. The molecule has 0 bridgehead atoms. The fourth-order valence-electron chi connectivity index (χ4n) is 1.06. The summed E-state index contributed by atoms with van der Waals surface area (Å²) >= 11 is 5.88. The van der Waals surface area contributed by atoms with Crippen LogP contribution < -0.4 is 0 Å². The molecule has 1 aromatic carbocycles. The van der Waals surface area contributed by atoms with Gasteiger partial charge in [-0.3, -0.25) is 0 Å². The second-order valence-corrected chi connectivity index (χ2v) is 3.45. The van der Waals surface area contributed by atoms with E-state index in [1.165, 1.54) is 0 Å². The van der Waals surface area contributed by atoms with Crippen LogP contribution in [0.4, 0.5) is 0 Å². The molecule has 2 atom stereocenters. The molecule has 1 aliphatic rings. The molecule has 2 unspecified atom stereocenters. The molecule has 2 nitrogen and oxygen atoms in total. The minimum absolute atomic E-state index is 0.102. The van der Waals surface area contributed by atoms with E-state index in [4.69, 9.17) is 21.1 Å². The lowest BCUT2D eigenvalue weighted by Crippen LogP contribution is -2.11. The summed E-state index contributed by atoms with van der Waals surface area (Å²) in [4.78, 5) is 0. The van der Waals surface area contributed by atoms with Crippen molar-refractivity contribution in [3.05, 3.63) is 35.9 Å². The van der Waals surface area contributed by atoms with Crippen LogP contribution in [0, 0.1) is 0 Å². The SMILES string of the molecule is ClC(OCc1ccccc1)C1CO1. The topological polar surface area (TPSA) is 21.8 Å². The number of alkyl halides is 1. The Hall–Kier alpha value is -0.570. The Labute approximate surface area is 82.4 Å². The van der Waals surface area contributed by atoms with Crippen molar-refractivity contribution in [2.45, 2.75) is 18.3 Å². The Balaban J connectivity index is 1.78. The molecular weight excluding hydrogens is 188 g/mol. The van der Waals surface area contributed by atoms with Crippen molar-refractivity contribution in [1.82, 2.24) is 0 Å². The number of hydrogen-bond donors (Lipinski definition) is 0. The van der Waals surface area contributed by atoms with Gasteiger partial charge in [-0.2, -0.15) is 0 Å². The van der Waals surface area contributed by atoms with E-state index in [-0.39, 0.29) is 11.7 Å². The van der Waals surface area contributed by atoms with E-state index in [0.717, 1.165) is 12.2 Å². The number of rotatable bonds is 4. The van der Waals surface area contributed by atoms with E-state index in [2.05, 4.69) is 0 Å². The minimum Gasteiger partial charge on any atom is -0.369 e. The fourth-order valence-corrected chi connectivity index (χ4v) is 1.27. The molecule has 0 aromatic heterocycles. The fraction of sp³-hybridized carbons (Fsp3) is 0.400. The summed E-state index contributed by atoms with van der Waals surface area (Å²) in [6, 6.07) is 9.96. The maximum Gasteiger partial charge on any atom is 0.159 e. The first-order valence-corrected chi connectivity index (χ1v) is 4.71. The van der Waals surface area contributed by atoms with Gasteiger partial charge in [0.25, 0.3) is 0 Å². The summed E-state index contributed by atoms with van der Waals surface area (Å²) in [5, 5.41) is 0. The van der Waals surface area contributed by atoms with Gasteiger partial charge in [-0.05, 0) is 5.56 Å². The van der Waals surface area contributed by atoms with Crippen LogP contribution in [-0.2, 0) is 16.1 Å². The van der Waals surface area contributed by atoms with Crippen LogP contribution >= 0.6 is 11.6 Å². The Kier molecular flexibility index (Phi) is 2.83. The molecule has 1 aromatic rings. The van der Waals surface area contributed by atoms with Crippen LogP contribution in [0.5, 0.6) is 0 Å². The highest BCUT2D eigenvalue weighted by Gasteiger charge is 2.31. The quantitative estimate of drug-likeness (QED) is 0.547. The second-order valence-electron chi connectivity index (χ2n) is 3.02. The molecule has 1 fully saturated rings. The van der Waals surface area contributed by atoms with Gasteiger partial charge in [0.1, 0.15) is 6.10 Å². The van der Waals surface area contributed by atoms with Gasteiger partial charge in [-0.1, -0.05) is 41.9 Å². The zero-order chi connectivity index (χ0) is 9.10. The molecule has 3 heteroatoms. The lowest BCUT2D eigenvalue weighted by molar-refractivity contribution is 0.0744. The average Bonchev–Trinajstić information content (AvgIpc) is 2.99. The normalized spacial score (nSPS) is 22.7. The number of benzene rings is 1. The van der Waals surface area contributed by atoms with Crippen LogP contribution in [0.2, 0.25) is 0 Å². The van der Waals surface area contributed by atoms with E-state index < -0.39 is 0 Å². The highest BCUT2D eigenvalue weighted by molar-refractivity contribution is 6.20. The first-order chi connectivity index (χ1) is 6.36. The largest absolute Gasteiger partial charge is 0.369 e. The summed E-state index contributed by atoms with van der Waals surface area (Å²) < 4.78 is 10.4. The molecule has 0 N–H and O–H groups in total. The third kappa shape index (κ3) is 2.69. The zero-order valence-corrected chi connectivity index (χ0v) is 7.91. The van der Waals surface area contributed by atoms with Crippen molar-refractivity contribution in [2.24, 2.45) is 0 Å². The summed E-state index contributed by atoms with van der Waals surface area (Å²) in [5.74, 6) is 0. The molecule has 13 heavy (non-hydrogen) atoms. The predicted molar refractivity (Wildman–Crippen MR) is 50.6 cm³/mol. The highest BCUT2D eigenvalue weighted by atomic mass is 35.5. The molecule has 0 saturated carbocycles. The molecule has 70 valence electrons. The van der Waals surface area contributed by atoms with Crippen molar-refractivity contribution in [2.75, 3.05) is 6.61 Å². The molecular formula is C10H11ClO2. The number of ether oxygens (including phenoxy) is 2. The summed E-state index contributed by atoms with van der Waals surface area (Å²) in [6.45, 7) is 1.28. The molecule has 1 heterocycles. The van der Waals surface area contributed by atoms with E-state index in [1.807, 2.05) is 30.3 Å². The number of hydrogen-bond acceptors (Lipinski definition) is 2. The van der Waals surface area contributed by atoms with Crippen molar-refractivity contribution in [3.8, 4) is 0 Å². The smallest absolute Gasteiger partial charge is 0.159 e. The van der Waals surface area contributed by atoms with E-state index in [0.29, 0.717) is 6.61 Å². The first kappa shape index (κ1) is 9.00. The molecule has 0 radical (unpaired) electrons. The van der Waals surface area contributed by atoms with Crippen LogP contribution in [0.1, 0.15) is 5.56 Å². The van der Waals surface area contributed by atoms with Crippen LogP contribution in [0.25, 0.3) is 0 Å². The van der Waals surface area contributed by atoms with Gasteiger partial charge < -0.3 is 9.47 Å². The van der Waals surface area contributed by atoms with Gasteiger partial charge in [0, 0.05) is 0 Å². The van der Waals surface area contributed by atoms with Gasteiger partial charge in [-0.15, -0.1) is 0 Å². The standard InChI is InChI=1S/C10H11ClO2/c11-10(9-7-12-9)13-6-8-4-2-1-3-5-8/h1-5,9-10H,6-7H2. The van der Waals surface area contributed by atoms with Crippen LogP contribution in [0.15, 0.2) is 30.3 Å². The second kappa shape index (κ2) is 4.09. The lowest BCUT2D eigenvalue weighted by Gasteiger charge is -2.07. The van der Waals surface area contributed by atoms with E-state index in [1.54, 1.807) is 0 Å². The predicted octanol–water partition coefficient (Wildman–Crippen LogP) is 2.17. The van der Waals surface area contributed by atoms with Gasteiger partial charge in [0.15, 0.2) is 5.56 Å². The zero-order valence-electron chi connectivity index (χ0n) is 7.15. The van der Waals surface area contributed by atoms with Gasteiger partial charge in [0.2, 0.25) is 0 Å². The van der Waals surface area contributed by atoms with Gasteiger partial charge in [0.05, 0.1) is 13.2 Å².